The maximum absolute atomic E-state index is 12.1. The molecule has 2 aromatic rings. The highest BCUT2D eigenvalue weighted by Gasteiger charge is 2.19. The van der Waals surface area contributed by atoms with E-state index in [1.807, 2.05) is 19.1 Å². The Morgan fingerprint density at radius 3 is 2.45 bits per heavy atom. The lowest BCUT2D eigenvalue weighted by Gasteiger charge is -2.14. The molecule has 114 valence electrons. The number of nitro benzene ring substituents is 1. The van der Waals surface area contributed by atoms with Gasteiger partial charge >= 0.3 is 0 Å². The zero-order valence-electron chi connectivity index (χ0n) is 12.3. The fourth-order valence-corrected chi connectivity index (χ4v) is 1.85. The SMILES string of the molecule is Cc1ccc(OC(C)C(=O)Nc2ccccc2[N+](=O)[O-])cc1. The Kier molecular flexibility index (Phi) is 4.73. The standard InChI is InChI=1S/C16H16N2O4/c1-11-7-9-13(10-8-11)22-12(2)16(19)17-14-5-3-4-6-15(14)18(20)21/h3-10,12H,1-2H3,(H,17,19). The van der Waals surface area contributed by atoms with Crippen molar-refractivity contribution in [3.05, 3.63) is 64.2 Å². The van der Waals surface area contributed by atoms with Crippen LogP contribution in [0.4, 0.5) is 11.4 Å². The first-order valence-electron chi connectivity index (χ1n) is 6.75. The van der Waals surface area contributed by atoms with Crippen molar-refractivity contribution in [2.45, 2.75) is 20.0 Å². The molecule has 0 bridgehead atoms. The van der Waals surface area contributed by atoms with Gasteiger partial charge in [-0.15, -0.1) is 0 Å². The lowest BCUT2D eigenvalue weighted by molar-refractivity contribution is -0.383. The summed E-state index contributed by atoms with van der Waals surface area (Å²) in [6.45, 7) is 3.54. The fraction of sp³-hybridized carbons (Fsp3) is 0.188. The summed E-state index contributed by atoms with van der Waals surface area (Å²) in [4.78, 5) is 22.5. The normalized spacial score (nSPS) is 11.5. The van der Waals surface area contributed by atoms with Gasteiger partial charge in [-0.1, -0.05) is 29.8 Å². The van der Waals surface area contributed by atoms with Crippen LogP contribution in [0, 0.1) is 17.0 Å². The predicted molar refractivity (Wildman–Crippen MR) is 83.0 cm³/mol. The highest BCUT2D eigenvalue weighted by atomic mass is 16.6. The van der Waals surface area contributed by atoms with E-state index >= 15 is 0 Å². The molecule has 0 fully saturated rings. The van der Waals surface area contributed by atoms with Crippen molar-refractivity contribution in [2.24, 2.45) is 0 Å². The van der Waals surface area contributed by atoms with Crippen LogP contribution < -0.4 is 10.1 Å². The van der Waals surface area contributed by atoms with Gasteiger partial charge in [0.15, 0.2) is 6.10 Å². The zero-order valence-corrected chi connectivity index (χ0v) is 12.3. The number of hydrogen-bond acceptors (Lipinski definition) is 4. The number of nitrogens with zero attached hydrogens (tertiary/aromatic N) is 1. The van der Waals surface area contributed by atoms with Crippen molar-refractivity contribution in [2.75, 3.05) is 5.32 Å². The van der Waals surface area contributed by atoms with E-state index in [1.54, 1.807) is 31.2 Å². The van der Waals surface area contributed by atoms with Gasteiger partial charge in [-0.25, -0.2) is 0 Å². The first kappa shape index (κ1) is 15.5. The van der Waals surface area contributed by atoms with Gasteiger partial charge in [0, 0.05) is 6.07 Å². The number of hydrogen-bond donors (Lipinski definition) is 1. The molecule has 1 amide bonds. The zero-order chi connectivity index (χ0) is 16.1. The van der Waals surface area contributed by atoms with Crippen molar-refractivity contribution < 1.29 is 14.5 Å². The quantitative estimate of drug-likeness (QED) is 0.678. The molecule has 22 heavy (non-hydrogen) atoms. The number of ether oxygens (including phenoxy) is 1. The minimum absolute atomic E-state index is 0.150. The molecule has 0 aliphatic heterocycles. The molecular formula is C16H16N2O4. The van der Waals surface area contributed by atoms with Crippen LogP contribution >= 0.6 is 0 Å². The summed E-state index contributed by atoms with van der Waals surface area (Å²) in [5, 5.41) is 13.4. The molecule has 0 aliphatic carbocycles. The first-order valence-corrected chi connectivity index (χ1v) is 6.75. The maximum Gasteiger partial charge on any atom is 0.292 e. The molecule has 0 saturated carbocycles. The van der Waals surface area contributed by atoms with Gasteiger partial charge in [0.25, 0.3) is 11.6 Å². The maximum atomic E-state index is 12.1. The summed E-state index contributed by atoms with van der Waals surface area (Å²) in [7, 11) is 0. The van der Waals surface area contributed by atoms with Gasteiger partial charge < -0.3 is 10.1 Å². The molecule has 0 spiro atoms. The highest BCUT2D eigenvalue weighted by molar-refractivity contribution is 5.96. The molecule has 0 aromatic heterocycles. The number of carbonyl (C=O) groups is 1. The van der Waals surface area contributed by atoms with Crippen LogP contribution in [-0.2, 0) is 4.79 Å². The number of nitro groups is 1. The van der Waals surface area contributed by atoms with Gasteiger partial charge in [0.05, 0.1) is 4.92 Å². The monoisotopic (exact) mass is 300 g/mol. The van der Waals surface area contributed by atoms with Crippen LogP contribution in [-0.4, -0.2) is 16.9 Å². The second-order valence-electron chi connectivity index (χ2n) is 4.84. The van der Waals surface area contributed by atoms with Crippen LogP contribution in [0.15, 0.2) is 48.5 Å². The average Bonchev–Trinajstić information content (AvgIpc) is 2.49. The lowest BCUT2D eigenvalue weighted by Crippen LogP contribution is -2.30. The van der Waals surface area contributed by atoms with E-state index < -0.39 is 16.9 Å². The second kappa shape index (κ2) is 6.71. The number of amides is 1. The van der Waals surface area contributed by atoms with E-state index in [4.69, 9.17) is 4.74 Å². The van der Waals surface area contributed by atoms with Crippen molar-refractivity contribution in [1.29, 1.82) is 0 Å². The van der Waals surface area contributed by atoms with Gasteiger partial charge in [0.2, 0.25) is 0 Å². The van der Waals surface area contributed by atoms with Crippen LogP contribution in [0.5, 0.6) is 5.75 Å². The van der Waals surface area contributed by atoms with E-state index in [1.165, 1.54) is 12.1 Å². The highest BCUT2D eigenvalue weighted by Crippen LogP contribution is 2.23. The van der Waals surface area contributed by atoms with Crippen molar-refractivity contribution in [1.82, 2.24) is 0 Å². The molecule has 1 atom stereocenters. The number of para-hydroxylation sites is 2. The van der Waals surface area contributed by atoms with Crippen molar-refractivity contribution in [3.63, 3.8) is 0 Å². The number of aryl methyl sites for hydroxylation is 1. The Balaban J connectivity index is 2.05. The lowest BCUT2D eigenvalue weighted by atomic mass is 10.2. The third-order valence-corrected chi connectivity index (χ3v) is 3.06. The van der Waals surface area contributed by atoms with Gasteiger partial charge in [-0.2, -0.15) is 0 Å². The molecule has 0 radical (unpaired) electrons. The summed E-state index contributed by atoms with van der Waals surface area (Å²) in [5.41, 5.74) is 1.08. The Morgan fingerprint density at radius 2 is 1.82 bits per heavy atom. The smallest absolute Gasteiger partial charge is 0.292 e. The van der Waals surface area contributed by atoms with Crippen LogP contribution in [0.25, 0.3) is 0 Å². The number of carbonyl (C=O) groups excluding carboxylic acids is 1. The van der Waals surface area contributed by atoms with Gasteiger partial charge in [-0.05, 0) is 32.0 Å². The Morgan fingerprint density at radius 1 is 1.18 bits per heavy atom. The fourth-order valence-electron chi connectivity index (χ4n) is 1.85. The topological polar surface area (TPSA) is 81.5 Å². The predicted octanol–water partition coefficient (Wildman–Crippen LogP) is 3.31. The third kappa shape index (κ3) is 3.82. The molecule has 1 N–H and O–H groups in total. The summed E-state index contributed by atoms with van der Waals surface area (Å²) in [6, 6.07) is 13.3. The van der Waals surface area contributed by atoms with Gasteiger partial charge in [-0.3, -0.25) is 14.9 Å². The first-order chi connectivity index (χ1) is 10.5. The van der Waals surface area contributed by atoms with E-state index in [2.05, 4.69) is 5.32 Å². The van der Waals surface area contributed by atoms with E-state index in [0.29, 0.717) is 5.75 Å². The molecule has 2 rings (SSSR count). The summed E-state index contributed by atoms with van der Waals surface area (Å²) >= 11 is 0. The summed E-state index contributed by atoms with van der Waals surface area (Å²) in [6.07, 6.45) is -0.775. The number of benzene rings is 2. The molecule has 2 aromatic carbocycles. The molecular weight excluding hydrogens is 284 g/mol. The Bertz CT molecular complexity index is 683. The van der Waals surface area contributed by atoms with E-state index in [9.17, 15) is 14.9 Å². The molecule has 0 saturated heterocycles. The van der Waals surface area contributed by atoms with Gasteiger partial charge in [0.1, 0.15) is 11.4 Å². The van der Waals surface area contributed by atoms with E-state index in [0.717, 1.165) is 5.56 Å². The van der Waals surface area contributed by atoms with Crippen molar-refractivity contribution in [3.8, 4) is 5.75 Å². The largest absolute Gasteiger partial charge is 0.481 e. The molecule has 0 heterocycles. The summed E-state index contributed by atoms with van der Waals surface area (Å²) in [5.74, 6) is 0.116. The Labute approximate surface area is 127 Å². The molecule has 6 nitrogen and oxygen atoms in total. The van der Waals surface area contributed by atoms with Crippen molar-refractivity contribution >= 4 is 17.3 Å². The molecule has 0 aliphatic rings. The number of rotatable bonds is 5. The van der Waals surface area contributed by atoms with Crippen LogP contribution in [0.2, 0.25) is 0 Å². The minimum Gasteiger partial charge on any atom is -0.481 e. The second-order valence-corrected chi connectivity index (χ2v) is 4.84. The van der Waals surface area contributed by atoms with E-state index in [-0.39, 0.29) is 11.4 Å². The average molecular weight is 300 g/mol. The number of anilines is 1. The molecule has 1 unspecified atom stereocenters. The molecule has 6 heteroatoms. The summed E-state index contributed by atoms with van der Waals surface area (Å²) < 4.78 is 5.52. The van der Waals surface area contributed by atoms with Crippen LogP contribution in [0.1, 0.15) is 12.5 Å². The number of nitrogens with one attached hydrogen (secondary N) is 1. The van der Waals surface area contributed by atoms with Crippen LogP contribution in [0.3, 0.4) is 0 Å². The Hall–Kier alpha value is -2.89. The minimum atomic E-state index is -0.775. The third-order valence-electron chi connectivity index (χ3n) is 3.06.